The first kappa shape index (κ1) is 12.6. The number of nitrogens with zero attached hydrogens (tertiary/aromatic N) is 1. The van der Waals surface area contributed by atoms with Crippen molar-refractivity contribution in [1.82, 2.24) is 0 Å². The van der Waals surface area contributed by atoms with Crippen LogP contribution in [0.2, 0.25) is 0 Å². The van der Waals surface area contributed by atoms with Crippen LogP contribution in [-0.4, -0.2) is 17.9 Å². The molecule has 2 N–H and O–H groups in total. The summed E-state index contributed by atoms with van der Waals surface area (Å²) in [6.45, 7) is 1.90. The molecule has 0 radical (unpaired) electrons. The third-order valence-corrected chi connectivity index (χ3v) is 2.81. The largest absolute Gasteiger partial charge is 0.393 e. The molecule has 0 spiro atoms. The monoisotopic (exact) mass is 236 g/mol. The first-order valence-corrected chi connectivity index (χ1v) is 5.60. The molecule has 0 aliphatic heterocycles. The lowest BCUT2D eigenvalue weighted by Gasteiger charge is -2.22. The Balaban J connectivity index is 2.86. The van der Waals surface area contributed by atoms with Gasteiger partial charge in [0.05, 0.1) is 10.9 Å². The van der Waals surface area contributed by atoms with Crippen molar-refractivity contribution in [3.63, 3.8) is 0 Å². The number of rotatable bonds is 4. The Bertz CT molecular complexity index is 378. The van der Waals surface area contributed by atoms with Gasteiger partial charge < -0.3 is 10.6 Å². The standard InChI is InChI=1S/C12H16N2OS/c1-3-10(11(13)16)12(15)14(2)9-7-5-4-6-8-9/h4-8,10H,3H2,1-2H3,(H2,13,16). The predicted octanol–water partition coefficient (Wildman–Crippen LogP) is 1.96. The van der Waals surface area contributed by atoms with E-state index in [2.05, 4.69) is 0 Å². The number of hydrogen-bond donors (Lipinski definition) is 1. The van der Waals surface area contributed by atoms with Crippen LogP contribution in [0, 0.1) is 5.92 Å². The van der Waals surface area contributed by atoms with E-state index < -0.39 is 0 Å². The lowest BCUT2D eigenvalue weighted by Crippen LogP contribution is -2.38. The van der Waals surface area contributed by atoms with Crippen LogP contribution in [0.1, 0.15) is 13.3 Å². The zero-order valence-corrected chi connectivity index (χ0v) is 10.3. The smallest absolute Gasteiger partial charge is 0.236 e. The van der Waals surface area contributed by atoms with E-state index in [0.29, 0.717) is 6.42 Å². The predicted molar refractivity (Wildman–Crippen MR) is 70.4 cm³/mol. The Kier molecular flexibility index (Phi) is 4.43. The molecule has 1 atom stereocenters. The van der Waals surface area contributed by atoms with Crippen LogP contribution in [0.5, 0.6) is 0 Å². The van der Waals surface area contributed by atoms with Crippen molar-refractivity contribution in [2.24, 2.45) is 11.7 Å². The zero-order valence-electron chi connectivity index (χ0n) is 9.51. The molecule has 0 saturated heterocycles. The van der Waals surface area contributed by atoms with Crippen LogP contribution < -0.4 is 10.6 Å². The molecular weight excluding hydrogens is 220 g/mol. The molecule has 1 unspecified atom stereocenters. The summed E-state index contributed by atoms with van der Waals surface area (Å²) in [4.78, 5) is 13.9. The van der Waals surface area contributed by atoms with Crippen LogP contribution in [-0.2, 0) is 4.79 Å². The summed E-state index contributed by atoms with van der Waals surface area (Å²) in [5.41, 5.74) is 6.40. The van der Waals surface area contributed by atoms with Crippen molar-refractivity contribution in [2.75, 3.05) is 11.9 Å². The highest BCUT2D eigenvalue weighted by Crippen LogP contribution is 2.16. The number of thiocarbonyl (C=S) groups is 1. The van der Waals surface area contributed by atoms with Crippen LogP contribution in [0.4, 0.5) is 5.69 Å². The van der Waals surface area contributed by atoms with Crippen molar-refractivity contribution in [3.05, 3.63) is 30.3 Å². The average Bonchev–Trinajstić information content (AvgIpc) is 2.29. The fraction of sp³-hybridized carbons (Fsp3) is 0.333. The van der Waals surface area contributed by atoms with Crippen LogP contribution in [0.3, 0.4) is 0 Å². The first-order chi connectivity index (χ1) is 7.57. The highest BCUT2D eigenvalue weighted by Gasteiger charge is 2.23. The summed E-state index contributed by atoms with van der Waals surface area (Å²) in [5, 5.41) is 0. The molecular formula is C12H16N2OS. The number of benzene rings is 1. The van der Waals surface area contributed by atoms with E-state index in [-0.39, 0.29) is 16.8 Å². The minimum atomic E-state index is -0.375. The summed E-state index contributed by atoms with van der Waals surface area (Å²) in [7, 11) is 1.73. The van der Waals surface area contributed by atoms with E-state index in [1.807, 2.05) is 37.3 Å². The Labute approximate surface area is 101 Å². The minimum Gasteiger partial charge on any atom is -0.393 e. The second-order valence-electron chi connectivity index (χ2n) is 3.60. The van der Waals surface area contributed by atoms with E-state index in [0.717, 1.165) is 5.69 Å². The van der Waals surface area contributed by atoms with Crippen molar-refractivity contribution in [2.45, 2.75) is 13.3 Å². The van der Waals surface area contributed by atoms with E-state index in [9.17, 15) is 4.79 Å². The SMILES string of the molecule is CCC(C(=O)N(C)c1ccccc1)C(N)=S. The topological polar surface area (TPSA) is 46.3 Å². The molecule has 86 valence electrons. The van der Waals surface area contributed by atoms with Crippen molar-refractivity contribution >= 4 is 28.8 Å². The Morgan fingerprint density at radius 3 is 2.44 bits per heavy atom. The summed E-state index contributed by atoms with van der Waals surface area (Å²) in [6, 6.07) is 9.45. The number of nitrogens with two attached hydrogens (primary N) is 1. The van der Waals surface area contributed by atoms with Gasteiger partial charge in [-0.15, -0.1) is 0 Å². The third-order valence-electron chi connectivity index (χ3n) is 2.52. The maximum Gasteiger partial charge on any atom is 0.236 e. The van der Waals surface area contributed by atoms with E-state index in [4.69, 9.17) is 18.0 Å². The molecule has 0 fully saturated rings. The first-order valence-electron chi connectivity index (χ1n) is 5.19. The summed E-state index contributed by atoms with van der Waals surface area (Å²) >= 11 is 4.89. The van der Waals surface area contributed by atoms with Crippen molar-refractivity contribution in [3.8, 4) is 0 Å². The Hall–Kier alpha value is -1.42. The van der Waals surface area contributed by atoms with Gasteiger partial charge >= 0.3 is 0 Å². The van der Waals surface area contributed by atoms with Crippen LogP contribution in [0.25, 0.3) is 0 Å². The number of hydrogen-bond acceptors (Lipinski definition) is 2. The molecule has 3 nitrogen and oxygen atoms in total. The molecule has 1 aromatic carbocycles. The van der Waals surface area contributed by atoms with Gasteiger partial charge in [-0.25, -0.2) is 0 Å². The average molecular weight is 236 g/mol. The summed E-state index contributed by atoms with van der Waals surface area (Å²) in [5.74, 6) is -0.429. The minimum absolute atomic E-state index is 0.0544. The fourth-order valence-corrected chi connectivity index (χ4v) is 1.78. The maximum atomic E-state index is 12.1. The van der Waals surface area contributed by atoms with Gasteiger partial charge in [0.2, 0.25) is 5.91 Å². The summed E-state index contributed by atoms with van der Waals surface area (Å²) in [6.07, 6.45) is 0.630. The van der Waals surface area contributed by atoms with Gasteiger partial charge in [0.15, 0.2) is 0 Å². The number of carbonyl (C=O) groups is 1. The number of para-hydroxylation sites is 1. The number of amides is 1. The van der Waals surface area contributed by atoms with Crippen molar-refractivity contribution in [1.29, 1.82) is 0 Å². The second kappa shape index (κ2) is 5.61. The maximum absolute atomic E-state index is 12.1. The molecule has 1 amide bonds. The van der Waals surface area contributed by atoms with Gasteiger partial charge in [-0.2, -0.15) is 0 Å². The lowest BCUT2D eigenvalue weighted by atomic mass is 10.1. The van der Waals surface area contributed by atoms with Gasteiger partial charge in [-0.3, -0.25) is 4.79 Å². The fourth-order valence-electron chi connectivity index (χ4n) is 1.51. The highest BCUT2D eigenvalue weighted by molar-refractivity contribution is 7.80. The van der Waals surface area contributed by atoms with E-state index in [1.54, 1.807) is 11.9 Å². The molecule has 16 heavy (non-hydrogen) atoms. The summed E-state index contributed by atoms with van der Waals surface area (Å²) < 4.78 is 0. The van der Waals surface area contributed by atoms with Gasteiger partial charge in [0.25, 0.3) is 0 Å². The Morgan fingerprint density at radius 2 is 2.00 bits per heavy atom. The number of carbonyl (C=O) groups excluding carboxylic acids is 1. The van der Waals surface area contributed by atoms with Gasteiger partial charge in [0.1, 0.15) is 0 Å². The Morgan fingerprint density at radius 1 is 1.44 bits per heavy atom. The molecule has 0 aromatic heterocycles. The van der Waals surface area contributed by atoms with Gasteiger partial charge in [-0.1, -0.05) is 37.3 Å². The molecule has 0 aliphatic carbocycles. The zero-order chi connectivity index (χ0) is 12.1. The molecule has 4 heteroatoms. The molecule has 0 bridgehead atoms. The molecule has 1 aromatic rings. The van der Waals surface area contributed by atoms with E-state index in [1.165, 1.54) is 0 Å². The van der Waals surface area contributed by atoms with Crippen LogP contribution in [0.15, 0.2) is 30.3 Å². The van der Waals surface area contributed by atoms with Crippen LogP contribution >= 0.6 is 12.2 Å². The quantitative estimate of drug-likeness (QED) is 0.813. The molecule has 0 heterocycles. The lowest BCUT2D eigenvalue weighted by molar-refractivity contribution is -0.120. The van der Waals surface area contributed by atoms with Gasteiger partial charge in [0, 0.05) is 12.7 Å². The van der Waals surface area contributed by atoms with Crippen molar-refractivity contribution < 1.29 is 4.79 Å². The molecule has 0 saturated carbocycles. The third kappa shape index (κ3) is 2.79. The number of anilines is 1. The highest BCUT2D eigenvalue weighted by atomic mass is 32.1. The molecule has 1 rings (SSSR count). The second-order valence-corrected chi connectivity index (χ2v) is 4.07. The van der Waals surface area contributed by atoms with Gasteiger partial charge in [-0.05, 0) is 18.6 Å². The molecule has 0 aliphatic rings. The van der Waals surface area contributed by atoms with E-state index >= 15 is 0 Å². The normalized spacial score (nSPS) is 11.9.